The van der Waals surface area contributed by atoms with Gasteiger partial charge in [-0.25, -0.2) is 0 Å². The second-order valence-electron chi connectivity index (χ2n) is 11.1. The Kier molecular flexibility index (Phi) is 5.26. The Morgan fingerprint density at radius 2 is 1.30 bits per heavy atom. The Bertz CT molecular complexity index is 2270. The Hall–Kier alpha value is -5.68. The second-order valence-corrected chi connectivity index (χ2v) is 11.1. The highest BCUT2D eigenvalue weighted by Gasteiger charge is 2.24. The average Bonchev–Trinajstić information content (AvgIpc) is 3.63. The van der Waals surface area contributed by atoms with Crippen LogP contribution in [0.25, 0.3) is 56.0 Å². The summed E-state index contributed by atoms with van der Waals surface area (Å²) in [6.45, 7) is 1.45. The molecule has 0 unspecified atom stereocenters. The molecule has 7 aromatic rings. The summed E-state index contributed by atoms with van der Waals surface area (Å²) in [4.78, 5) is 2.35. The van der Waals surface area contributed by atoms with E-state index in [0.717, 1.165) is 62.6 Å². The summed E-state index contributed by atoms with van der Waals surface area (Å²) in [5.41, 5.74) is 9.66. The minimum Gasteiger partial charge on any atom is -0.456 e. The van der Waals surface area contributed by atoms with E-state index in [-0.39, 0.29) is 0 Å². The number of hydrogen-bond donors (Lipinski definition) is 2. The van der Waals surface area contributed by atoms with Gasteiger partial charge in [-0.15, -0.1) is 0 Å². The summed E-state index contributed by atoms with van der Waals surface area (Å²) in [6.07, 6.45) is 7.91. The van der Waals surface area contributed by atoms with Crippen molar-refractivity contribution < 1.29 is 8.83 Å². The number of fused-ring (bicyclic) bond motifs is 7. The van der Waals surface area contributed by atoms with Crippen molar-refractivity contribution in [2.45, 2.75) is 13.1 Å². The number of rotatable bonds is 4. The standard InChI is InChI=1S/C38H27N3O2/c1-2-6-25-19-27(12-11-24(25)5-1)26-7-3-8-28(20-26)41(29-13-14-34-30(21-29)31-22-39-17-15-35(31)42-34)33-9-4-10-37-38(33)32-23-40-18-16-36(32)43-37/h1-21,39-40H,22-23H2. The molecule has 5 aromatic carbocycles. The Morgan fingerprint density at radius 3 is 2.21 bits per heavy atom. The predicted octanol–water partition coefficient (Wildman–Crippen LogP) is 9.62. The van der Waals surface area contributed by atoms with Crippen molar-refractivity contribution in [3.63, 3.8) is 0 Å². The minimum absolute atomic E-state index is 0.715. The molecule has 5 heteroatoms. The third-order valence-electron chi connectivity index (χ3n) is 8.58. The van der Waals surface area contributed by atoms with E-state index in [9.17, 15) is 0 Å². The average molecular weight is 558 g/mol. The van der Waals surface area contributed by atoms with Gasteiger partial charge in [0.1, 0.15) is 22.7 Å². The maximum absolute atomic E-state index is 6.33. The number of furan rings is 2. The van der Waals surface area contributed by atoms with Crippen LogP contribution in [0.2, 0.25) is 0 Å². The smallest absolute Gasteiger partial charge is 0.137 e. The number of hydrogen-bond acceptors (Lipinski definition) is 5. The van der Waals surface area contributed by atoms with E-state index in [1.165, 1.54) is 27.5 Å². The van der Waals surface area contributed by atoms with Crippen LogP contribution in [0, 0.1) is 0 Å². The van der Waals surface area contributed by atoms with Gasteiger partial charge in [0.15, 0.2) is 0 Å². The Labute approximate surface area is 248 Å². The van der Waals surface area contributed by atoms with E-state index < -0.39 is 0 Å². The molecule has 0 aliphatic carbocycles. The zero-order chi connectivity index (χ0) is 28.3. The fourth-order valence-corrected chi connectivity index (χ4v) is 6.53. The van der Waals surface area contributed by atoms with Gasteiger partial charge in [-0.2, -0.15) is 0 Å². The van der Waals surface area contributed by atoms with Gasteiger partial charge < -0.3 is 24.4 Å². The van der Waals surface area contributed by atoms with Crippen LogP contribution < -0.4 is 15.5 Å². The number of nitrogens with zero attached hydrogens (tertiary/aromatic N) is 1. The van der Waals surface area contributed by atoms with Crippen molar-refractivity contribution in [2.24, 2.45) is 0 Å². The molecule has 0 saturated carbocycles. The van der Waals surface area contributed by atoms with Crippen LogP contribution in [-0.4, -0.2) is 0 Å². The van der Waals surface area contributed by atoms with Gasteiger partial charge in [-0.05, 0) is 82.6 Å². The summed E-state index contributed by atoms with van der Waals surface area (Å²) in [7, 11) is 0. The van der Waals surface area contributed by atoms with Crippen molar-refractivity contribution in [1.82, 2.24) is 10.6 Å². The van der Waals surface area contributed by atoms with Crippen molar-refractivity contribution >= 4 is 61.9 Å². The molecule has 0 bridgehead atoms. The Morgan fingerprint density at radius 1 is 0.558 bits per heavy atom. The highest BCUT2D eigenvalue weighted by atomic mass is 16.3. The summed E-state index contributed by atoms with van der Waals surface area (Å²) in [5.74, 6) is 1.82. The summed E-state index contributed by atoms with van der Waals surface area (Å²) in [5, 5.41) is 11.4. The Balaban J connectivity index is 1.27. The third-order valence-corrected chi connectivity index (χ3v) is 8.58. The fraction of sp³-hybridized carbons (Fsp3) is 0.0526. The minimum atomic E-state index is 0.715. The fourth-order valence-electron chi connectivity index (χ4n) is 6.53. The van der Waals surface area contributed by atoms with E-state index in [1.807, 2.05) is 24.6 Å². The molecule has 0 amide bonds. The number of anilines is 3. The van der Waals surface area contributed by atoms with E-state index >= 15 is 0 Å². The molecular formula is C38H27N3O2. The molecule has 2 aliphatic heterocycles. The molecule has 206 valence electrons. The second kappa shape index (κ2) is 9.43. The van der Waals surface area contributed by atoms with Crippen LogP contribution in [0.15, 0.2) is 124 Å². The molecule has 5 nitrogen and oxygen atoms in total. The first kappa shape index (κ1) is 24.0. The number of benzene rings is 5. The topological polar surface area (TPSA) is 53.6 Å². The van der Waals surface area contributed by atoms with E-state index in [4.69, 9.17) is 8.83 Å². The first-order valence-corrected chi connectivity index (χ1v) is 14.6. The van der Waals surface area contributed by atoms with Gasteiger partial charge in [0.25, 0.3) is 0 Å². The SMILES string of the molecule is C1=Cc2oc3ccc(N(c4cccc(-c5ccc6ccccc6c5)c4)c4cccc5oc6c(c45)CNC=C6)cc3c2CN1. The first-order chi connectivity index (χ1) is 21.3. The summed E-state index contributed by atoms with van der Waals surface area (Å²) in [6, 6.07) is 36.8. The molecule has 0 saturated heterocycles. The summed E-state index contributed by atoms with van der Waals surface area (Å²) < 4.78 is 12.5. The lowest BCUT2D eigenvalue weighted by atomic mass is 10.00. The molecule has 0 radical (unpaired) electrons. The van der Waals surface area contributed by atoms with E-state index in [1.54, 1.807) is 0 Å². The third kappa shape index (κ3) is 3.86. The quantitative estimate of drug-likeness (QED) is 0.226. The lowest BCUT2D eigenvalue weighted by Gasteiger charge is -2.27. The number of nitrogens with one attached hydrogen (secondary N) is 2. The van der Waals surface area contributed by atoms with E-state index in [2.05, 4.69) is 119 Å². The van der Waals surface area contributed by atoms with Crippen molar-refractivity contribution in [3.05, 3.63) is 138 Å². The van der Waals surface area contributed by atoms with Gasteiger partial charge in [0.2, 0.25) is 0 Å². The lowest BCUT2D eigenvalue weighted by Crippen LogP contribution is -2.13. The first-order valence-electron chi connectivity index (χ1n) is 14.6. The van der Waals surface area contributed by atoms with Crippen molar-refractivity contribution in [2.75, 3.05) is 4.90 Å². The predicted molar refractivity (Wildman–Crippen MR) is 175 cm³/mol. The highest BCUT2D eigenvalue weighted by Crippen LogP contribution is 2.45. The summed E-state index contributed by atoms with van der Waals surface area (Å²) >= 11 is 0. The van der Waals surface area contributed by atoms with Crippen molar-refractivity contribution in [1.29, 1.82) is 0 Å². The van der Waals surface area contributed by atoms with Crippen LogP contribution in [0.5, 0.6) is 0 Å². The molecule has 43 heavy (non-hydrogen) atoms. The van der Waals surface area contributed by atoms with Gasteiger partial charge in [-0.3, -0.25) is 0 Å². The molecule has 9 rings (SSSR count). The van der Waals surface area contributed by atoms with Crippen LogP contribution in [0.4, 0.5) is 17.1 Å². The van der Waals surface area contributed by atoms with E-state index in [0.29, 0.717) is 6.54 Å². The maximum atomic E-state index is 6.33. The molecule has 4 heterocycles. The lowest BCUT2D eigenvalue weighted by molar-refractivity contribution is 0.591. The molecule has 0 atom stereocenters. The van der Waals surface area contributed by atoms with Gasteiger partial charge in [0.05, 0.1) is 5.69 Å². The molecule has 0 fully saturated rings. The highest BCUT2D eigenvalue weighted by molar-refractivity contribution is 6.02. The van der Waals surface area contributed by atoms with Crippen LogP contribution in [0.1, 0.15) is 22.6 Å². The molecule has 2 aromatic heterocycles. The molecule has 2 N–H and O–H groups in total. The van der Waals surface area contributed by atoms with Gasteiger partial charge >= 0.3 is 0 Å². The van der Waals surface area contributed by atoms with Crippen LogP contribution >= 0.6 is 0 Å². The monoisotopic (exact) mass is 557 g/mol. The van der Waals surface area contributed by atoms with Crippen LogP contribution in [0.3, 0.4) is 0 Å². The van der Waals surface area contributed by atoms with Gasteiger partial charge in [-0.1, -0.05) is 54.6 Å². The maximum Gasteiger partial charge on any atom is 0.137 e. The normalized spacial score (nSPS) is 13.6. The van der Waals surface area contributed by atoms with Crippen LogP contribution in [-0.2, 0) is 13.1 Å². The largest absolute Gasteiger partial charge is 0.456 e. The zero-order valence-electron chi connectivity index (χ0n) is 23.3. The van der Waals surface area contributed by atoms with Gasteiger partial charge in [0, 0.05) is 58.8 Å². The zero-order valence-corrected chi connectivity index (χ0v) is 23.3. The van der Waals surface area contributed by atoms with Crippen molar-refractivity contribution in [3.8, 4) is 11.1 Å². The molecule has 0 spiro atoms. The molecular weight excluding hydrogens is 530 g/mol. The molecule has 2 aliphatic rings.